The van der Waals surface area contributed by atoms with E-state index >= 15 is 0 Å². The van der Waals surface area contributed by atoms with Crippen molar-refractivity contribution in [1.29, 1.82) is 0 Å². The predicted molar refractivity (Wildman–Crippen MR) is 99.1 cm³/mol. The lowest BCUT2D eigenvalue weighted by Gasteiger charge is -2.24. The number of pyridine rings is 1. The molecular formula is C22H19FN2O. The molecule has 0 spiro atoms. The first kappa shape index (κ1) is 16.5. The normalized spacial score (nSPS) is 14.4. The second kappa shape index (κ2) is 6.37. The lowest BCUT2D eigenvalue weighted by atomic mass is 9.97. The molecule has 2 heterocycles. The summed E-state index contributed by atoms with van der Waals surface area (Å²) < 4.78 is 13.2. The van der Waals surface area contributed by atoms with E-state index in [1.54, 1.807) is 18.3 Å². The van der Waals surface area contributed by atoms with Gasteiger partial charge in [-0.25, -0.2) is 4.39 Å². The molecule has 3 nitrogen and oxygen atoms in total. The highest BCUT2D eigenvalue weighted by atomic mass is 19.1. The average Bonchev–Trinajstić information content (AvgIpc) is 2.99. The van der Waals surface area contributed by atoms with E-state index in [2.05, 4.69) is 11.1 Å². The van der Waals surface area contributed by atoms with Crippen LogP contribution in [0.25, 0.3) is 11.1 Å². The van der Waals surface area contributed by atoms with Crippen LogP contribution < -0.4 is 0 Å². The van der Waals surface area contributed by atoms with Gasteiger partial charge in [0.05, 0.1) is 6.04 Å². The number of aryl methyl sites for hydroxylation is 1. The van der Waals surface area contributed by atoms with Crippen LogP contribution in [0.3, 0.4) is 0 Å². The van der Waals surface area contributed by atoms with E-state index in [0.717, 1.165) is 33.4 Å². The zero-order valence-electron chi connectivity index (χ0n) is 14.7. The predicted octanol–water partition coefficient (Wildman–Crippen LogP) is 4.91. The second-order valence-corrected chi connectivity index (χ2v) is 6.73. The van der Waals surface area contributed by atoms with Gasteiger partial charge in [0.25, 0.3) is 5.91 Å². The van der Waals surface area contributed by atoms with Crippen LogP contribution in [0, 0.1) is 12.7 Å². The summed E-state index contributed by atoms with van der Waals surface area (Å²) in [5, 5.41) is 0. The number of amides is 1. The van der Waals surface area contributed by atoms with Gasteiger partial charge in [-0.15, -0.1) is 0 Å². The maximum absolute atomic E-state index is 13.2. The molecule has 2 aromatic carbocycles. The number of nitrogens with zero attached hydrogens (tertiary/aromatic N) is 2. The highest BCUT2D eigenvalue weighted by molar-refractivity contribution is 6.00. The fraction of sp³-hybridized carbons (Fsp3) is 0.182. The molecule has 1 aromatic heterocycles. The molecule has 0 unspecified atom stereocenters. The molecule has 1 aliphatic heterocycles. The van der Waals surface area contributed by atoms with E-state index in [9.17, 15) is 9.18 Å². The number of halogens is 1. The minimum Gasteiger partial charge on any atom is -0.328 e. The largest absolute Gasteiger partial charge is 0.328 e. The van der Waals surface area contributed by atoms with E-state index in [1.807, 2.05) is 43.1 Å². The van der Waals surface area contributed by atoms with Crippen molar-refractivity contribution in [3.8, 4) is 11.1 Å². The molecule has 0 aliphatic carbocycles. The van der Waals surface area contributed by atoms with E-state index in [-0.39, 0.29) is 17.8 Å². The van der Waals surface area contributed by atoms with Gasteiger partial charge < -0.3 is 4.90 Å². The maximum Gasteiger partial charge on any atom is 0.255 e. The van der Waals surface area contributed by atoms with Crippen LogP contribution in [0.15, 0.2) is 60.9 Å². The first-order valence-corrected chi connectivity index (χ1v) is 8.65. The SMILES string of the molecule is Cc1cc(-c2cccnc2)cc2c1C(=O)N([C@H](C)c1ccc(F)cc1)C2. The average molecular weight is 346 g/mol. The summed E-state index contributed by atoms with van der Waals surface area (Å²) in [5.41, 5.74) is 5.82. The van der Waals surface area contributed by atoms with Crippen molar-refractivity contribution in [3.63, 3.8) is 0 Å². The summed E-state index contributed by atoms with van der Waals surface area (Å²) in [6, 6.07) is 14.3. The fourth-order valence-corrected chi connectivity index (χ4v) is 3.62. The Morgan fingerprint density at radius 2 is 1.88 bits per heavy atom. The Bertz CT molecular complexity index is 967. The minimum atomic E-state index is -0.269. The molecule has 0 saturated carbocycles. The van der Waals surface area contributed by atoms with Crippen molar-refractivity contribution < 1.29 is 9.18 Å². The monoisotopic (exact) mass is 346 g/mol. The quantitative estimate of drug-likeness (QED) is 0.675. The Balaban J connectivity index is 1.69. The Kier molecular flexibility index (Phi) is 4.03. The van der Waals surface area contributed by atoms with Crippen molar-refractivity contribution in [2.75, 3.05) is 0 Å². The topological polar surface area (TPSA) is 33.2 Å². The Morgan fingerprint density at radius 1 is 1.12 bits per heavy atom. The molecule has 1 aliphatic rings. The van der Waals surface area contributed by atoms with Gasteiger partial charge in [-0.1, -0.05) is 24.3 Å². The number of fused-ring (bicyclic) bond motifs is 1. The van der Waals surface area contributed by atoms with Crippen molar-refractivity contribution in [2.24, 2.45) is 0 Å². The van der Waals surface area contributed by atoms with Crippen LogP contribution in [-0.4, -0.2) is 15.8 Å². The summed E-state index contributed by atoms with van der Waals surface area (Å²) in [7, 11) is 0. The van der Waals surface area contributed by atoms with E-state index in [1.165, 1.54) is 12.1 Å². The summed E-state index contributed by atoms with van der Waals surface area (Å²) >= 11 is 0. The standard InChI is InChI=1S/C22H19FN2O/c1-14-10-18(17-4-3-9-24-12-17)11-19-13-25(22(26)21(14)19)15(2)16-5-7-20(23)8-6-16/h3-12,15H,13H2,1-2H3/t15-/m1/s1. The van der Waals surface area contributed by atoms with Gasteiger partial charge >= 0.3 is 0 Å². The number of carbonyl (C=O) groups excluding carboxylic acids is 1. The number of hydrogen-bond acceptors (Lipinski definition) is 2. The molecule has 0 radical (unpaired) electrons. The highest BCUT2D eigenvalue weighted by Gasteiger charge is 2.33. The van der Waals surface area contributed by atoms with Gasteiger partial charge in [-0.3, -0.25) is 9.78 Å². The third-order valence-electron chi connectivity index (χ3n) is 5.05. The summed E-state index contributed by atoms with van der Waals surface area (Å²) in [6.07, 6.45) is 3.58. The molecule has 4 heteroatoms. The number of rotatable bonds is 3. The first-order chi connectivity index (χ1) is 12.5. The molecule has 3 aromatic rings. The molecular weight excluding hydrogens is 327 g/mol. The molecule has 0 bridgehead atoms. The minimum absolute atomic E-state index is 0.0343. The van der Waals surface area contributed by atoms with E-state index in [0.29, 0.717) is 6.54 Å². The van der Waals surface area contributed by atoms with Gasteiger partial charge in [0.1, 0.15) is 5.82 Å². The molecule has 26 heavy (non-hydrogen) atoms. The first-order valence-electron chi connectivity index (χ1n) is 8.65. The van der Waals surface area contributed by atoms with Gasteiger partial charge in [-0.05, 0) is 60.4 Å². The Morgan fingerprint density at radius 3 is 2.58 bits per heavy atom. The molecule has 0 N–H and O–H groups in total. The Labute approximate surface area is 152 Å². The number of carbonyl (C=O) groups is 1. The lowest BCUT2D eigenvalue weighted by Crippen LogP contribution is -2.27. The highest BCUT2D eigenvalue weighted by Crippen LogP contribution is 2.35. The van der Waals surface area contributed by atoms with Gasteiger partial charge in [-0.2, -0.15) is 0 Å². The third-order valence-corrected chi connectivity index (χ3v) is 5.05. The molecule has 0 fully saturated rings. The van der Waals surface area contributed by atoms with Crippen LogP contribution in [0.2, 0.25) is 0 Å². The van der Waals surface area contributed by atoms with Crippen LogP contribution in [0.1, 0.15) is 40.0 Å². The molecule has 0 saturated heterocycles. The summed E-state index contributed by atoms with van der Waals surface area (Å²) in [4.78, 5) is 19.0. The molecule has 1 atom stereocenters. The van der Waals surface area contributed by atoms with E-state index < -0.39 is 0 Å². The van der Waals surface area contributed by atoms with Crippen LogP contribution in [-0.2, 0) is 6.54 Å². The summed E-state index contributed by atoms with van der Waals surface area (Å²) in [5.74, 6) is -0.235. The number of benzene rings is 2. The van der Waals surface area contributed by atoms with Crippen molar-refractivity contribution in [2.45, 2.75) is 26.4 Å². The zero-order chi connectivity index (χ0) is 18.3. The third kappa shape index (κ3) is 2.77. The molecule has 130 valence electrons. The number of hydrogen-bond donors (Lipinski definition) is 0. The van der Waals surface area contributed by atoms with Crippen molar-refractivity contribution >= 4 is 5.91 Å². The van der Waals surface area contributed by atoms with Gasteiger partial charge in [0, 0.05) is 30.1 Å². The number of aromatic nitrogens is 1. The zero-order valence-corrected chi connectivity index (χ0v) is 14.7. The van der Waals surface area contributed by atoms with Crippen LogP contribution >= 0.6 is 0 Å². The second-order valence-electron chi connectivity index (χ2n) is 6.73. The van der Waals surface area contributed by atoms with Gasteiger partial charge in [0.2, 0.25) is 0 Å². The van der Waals surface area contributed by atoms with Crippen LogP contribution in [0.5, 0.6) is 0 Å². The fourth-order valence-electron chi connectivity index (χ4n) is 3.62. The lowest BCUT2D eigenvalue weighted by molar-refractivity contribution is 0.0715. The smallest absolute Gasteiger partial charge is 0.255 e. The molecule has 1 amide bonds. The van der Waals surface area contributed by atoms with Gasteiger partial charge in [0.15, 0.2) is 0 Å². The van der Waals surface area contributed by atoms with Crippen molar-refractivity contribution in [1.82, 2.24) is 9.88 Å². The maximum atomic E-state index is 13.2. The Hall–Kier alpha value is -3.01. The summed E-state index contributed by atoms with van der Waals surface area (Å²) in [6.45, 7) is 4.51. The molecule has 4 rings (SSSR count). The van der Waals surface area contributed by atoms with E-state index in [4.69, 9.17) is 0 Å². The van der Waals surface area contributed by atoms with Crippen molar-refractivity contribution in [3.05, 3.63) is 89.0 Å². The van der Waals surface area contributed by atoms with Crippen LogP contribution in [0.4, 0.5) is 4.39 Å².